The van der Waals surface area contributed by atoms with Crippen molar-refractivity contribution in [3.05, 3.63) is 54.5 Å². The fraction of sp³-hybridized carbons (Fsp3) is 0.200. The van der Waals surface area contributed by atoms with Crippen molar-refractivity contribution in [1.82, 2.24) is 14.9 Å². The third-order valence-electron chi connectivity index (χ3n) is 4.82. The molecule has 0 spiro atoms. The molecule has 2 aromatic heterocycles. The predicted octanol–water partition coefficient (Wildman–Crippen LogP) is 2.38. The van der Waals surface area contributed by atoms with Gasteiger partial charge >= 0.3 is 12.1 Å². The van der Waals surface area contributed by atoms with Crippen LogP contribution in [0.2, 0.25) is 0 Å². The van der Waals surface area contributed by atoms with E-state index in [2.05, 4.69) is 20.2 Å². The zero-order valence-electron chi connectivity index (χ0n) is 16.0. The highest BCUT2D eigenvalue weighted by Gasteiger charge is 2.22. The Morgan fingerprint density at radius 2 is 1.83 bits per heavy atom. The first-order chi connectivity index (χ1) is 14.5. The van der Waals surface area contributed by atoms with Crippen molar-refractivity contribution < 1.29 is 19.1 Å². The summed E-state index contributed by atoms with van der Waals surface area (Å²) in [4.78, 5) is 34.6. The van der Waals surface area contributed by atoms with E-state index in [4.69, 9.17) is 15.3 Å². The molecule has 0 radical (unpaired) electrons. The Morgan fingerprint density at radius 1 is 1.10 bits per heavy atom. The molecule has 0 aliphatic carbocycles. The Morgan fingerprint density at radius 3 is 2.43 bits per heavy atom. The molecular formula is C20H20N6O4. The summed E-state index contributed by atoms with van der Waals surface area (Å²) < 4.78 is 5.76. The van der Waals surface area contributed by atoms with Gasteiger partial charge in [-0.15, -0.1) is 0 Å². The minimum absolute atomic E-state index is 0.0317. The van der Waals surface area contributed by atoms with Gasteiger partial charge in [-0.05, 0) is 36.4 Å². The van der Waals surface area contributed by atoms with Crippen molar-refractivity contribution >= 4 is 29.4 Å². The summed E-state index contributed by atoms with van der Waals surface area (Å²) >= 11 is 0. The number of rotatable bonds is 5. The average molecular weight is 408 g/mol. The van der Waals surface area contributed by atoms with Gasteiger partial charge in [0.15, 0.2) is 11.5 Å². The summed E-state index contributed by atoms with van der Waals surface area (Å²) in [5, 5.41) is 12.0. The Hall–Kier alpha value is -4.08. The Kier molecular flexibility index (Phi) is 5.21. The van der Waals surface area contributed by atoms with E-state index >= 15 is 0 Å². The van der Waals surface area contributed by atoms with Crippen molar-refractivity contribution in [2.45, 2.75) is 0 Å². The number of anilines is 3. The average Bonchev–Trinajstić information content (AvgIpc) is 3.19. The molecule has 0 saturated carbocycles. The number of benzene rings is 1. The van der Waals surface area contributed by atoms with E-state index in [0.29, 0.717) is 37.4 Å². The van der Waals surface area contributed by atoms with Gasteiger partial charge in [0, 0.05) is 43.6 Å². The first kappa shape index (κ1) is 19.2. The predicted molar refractivity (Wildman–Crippen MR) is 110 cm³/mol. The van der Waals surface area contributed by atoms with Crippen LogP contribution in [-0.2, 0) is 0 Å². The number of aromatic nitrogens is 2. The minimum Gasteiger partial charge on any atom is -0.465 e. The second-order valence-electron chi connectivity index (χ2n) is 6.73. The molecule has 1 saturated heterocycles. The highest BCUT2D eigenvalue weighted by molar-refractivity contribution is 5.97. The van der Waals surface area contributed by atoms with E-state index in [9.17, 15) is 9.59 Å². The minimum atomic E-state index is -0.898. The van der Waals surface area contributed by atoms with Crippen LogP contribution in [0, 0.1) is 0 Å². The van der Waals surface area contributed by atoms with E-state index in [0.717, 1.165) is 5.69 Å². The van der Waals surface area contributed by atoms with Gasteiger partial charge in [0.1, 0.15) is 0 Å². The van der Waals surface area contributed by atoms with Crippen LogP contribution >= 0.6 is 0 Å². The largest absolute Gasteiger partial charge is 0.465 e. The molecule has 10 nitrogen and oxygen atoms in total. The number of nitrogens with one attached hydrogen (secondary N) is 1. The number of nitrogens with two attached hydrogens (primary N) is 1. The van der Waals surface area contributed by atoms with Gasteiger partial charge in [-0.2, -0.15) is 4.98 Å². The number of carbonyl (C=O) groups is 2. The van der Waals surface area contributed by atoms with E-state index in [1.807, 2.05) is 24.3 Å². The second-order valence-corrected chi connectivity index (χ2v) is 6.73. The van der Waals surface area contributed by atoms with Crippen LogP contribution in [0.15, 0.2) is 53.2 Å². The smallest absolute Gasteiger partial charge is 0.407 e. The topological polar surface area (TPSA) is 138 Å². The van der Waals surface area contributed by atoms with Gasteiger partial charge in [-0.25, -0.2) is 4.79 Å². The number of carboxylic acid groups (broad SMARTS) is 1. The number of hydrogen-bond acceptors (Lipinski definition) is 7. The highest BCUT2D eigenvalue weighted by Crippen LogP contribution is 2.30. The molecule has 1 fully saturated rings. The van der Waals surface area contributed by atoms with Crippen molar-refractivity contribution in [3.8, 4) is 11.3 Å². The summed E-state index contributed by atoms with van der Waals surface area (Å²) in [7, 11) is 0. The molecule has 0 atom stereocenters. The number of oxazole rings is 1. The Bertz CT molecular complexity index is 1040. The fourth-order valence-corrected chi connectivity index (χ4v) is 3.28. The lowest BCUT2D eigenvalue weighted by molar-refractivity contribution is 0.0996. The van der Waals surface area contributed by atoms with Crippen LogP contribution in [0.1, 0.15) is 10.5 Å². The normalized spacial score (nSPS) is 13.9. The molecule has 3 heterocycles. The summed E-state index contributed by atoms with van der Waals surface area (Å²) in [6.07, 6.45) is 2.35. The number of nitrogens with zero attached hydrogens (tertiary/aromatic N) is 4. The van der Waals surface area contributed by atoms with Crippen LogP contribution in [0.4, 0.5) is 22.2 Å². The summed E-state index contributed by atoms with van der Waals surface area (Å²) in [6, 6.07) is 11.1. The first-order valence-electron chi connectivity index (χ1n) is 9.32. The van der Waals surface area contributed by atoms with Gasteiger partial charge in [0.25, 0.3) is 5.91 Å². The molecule has 4 N–H and O–H groups in total. The van der Waals surface area contributed by atoms with Gasteiger partial charge < -0.3 is 30.4 Å². The van der Waals surface area contributed by atoms with Crippen LogP contribution in [-0.4, -0.2) is 58.2 Å². The number of primary amides is 1. The number of piperazine rings is 1. The van der Waals surface area contributed by atoms with Crippen LogP contribution in [0.3, 0.4) is 0 Å². The molecule has 3 aromatic rings. The maximum atomic E-state index is 11.9. The molecule has 1 aliphatic rings. The van der Waals surface area contributed by atoms with E-state index in [1.165, 1.54) is 4.90 Å². The van der Waals surface area contributed by atoms with E-state index in [-0.39, 0.29) is 17.5 Å². The van der Waals surface area contributed by atoms with Gasteiger partial charge in [0.2, 0.25) is 0 Å². The second kappa shape index (κ2) is 8.11. The molecule has 30 heavy (non-hydrogen) atoms. The number of carbonyl (C=O) groups excluding carboxylic acids is 1. The molecule has 1 aliphatic heterocycles. The SMILES string of the molecule is NC(=O)c1nc(Nc2cccnc2)oc1-c1ccc(N2CCN(C(=O)O)CC2)cc1. The Labute approximate surface area is 171 Å². The monoisotopic (exact) mass is 408 g/mol. The lowest BCUT2D eigenvalue weighted by Crippen LogP contribution is -2.48. The van der Waals surface area contributed by atoms with Crippen molar-refractivity contribution in [3.63, 3.8) is 0 Å². The molecule has 1 aromatic carbocycles. The molecule has 10 heteroatoms. The van der Waals surface area contributed by atoms with Crippen LogP contribution in [0.25, 0.3) is 11.3 Å². The standard InChI is InChI=1S/C20H20N6O4/c21-18(27)16-17(30-19(24-16)23-14-2-1-7-22-12-14)13-3-5-15(6-4-13)25-8-10-26(11-9-25)20(28)29/h1-7,12H,8-11H2,(H2,21,27)(H,23,24)(H,28,29). The molecule has 4 rings (SSSR count). The summed E-state index contributed by atoms with van der Waals surface area (Å²) in [6.45, 7) is 2.13. The highest BCUT2D eigenvalue weighted by atomic mass is 16.4. The molecule has 2 amide bonds. The molecule has 0 bridgehead atoms. The Balaban J connectivity index is 1.53. The fourth-order valence-electron chi connectivity index (χ4n) is 3.28. The van der Waals surface area contributed by atoms with Crippen molar-refractivity contribution in [1.29, 1.82) is 0 Å². The van der Waals surface area contributed by atoms with E-state index < -0.39 is 12.0 Å². The van der Waals surface area contributed by atoms with E-state index in [1.54, 1.807) is 24.5 Å². The number of pyridine rings is 1. The summed E-state index contributed by atoms with van der Waals surface area (Å²) in [5.41, 5.74) is 7.79. The zero-order valence-corrected chi connectivity index (χ0v) is 16.0. The van der Waals surface area contributed by atoms with Gasteiger partial charge in [0.05, 0.1) is 11.9 Å². The van der Waals surface area contributed by atoms with Gasteiger partial charge in [-0.1, -0.05) is 0 Å². The maximum Gasteiger partial charge on any atom is 0.407 e. The molecule has 0 unspecified atom stereocenters. The third-order valence-corrected chi connectivity index (χ3v) is 4.82. The first-order valence-corrected chi connectivity index (χ1v) is 9.32. The molecule has 154 valence electrons. The number of amides is 2. The summed E-state index contributed by atoms with van der Waals surface area (Å²) in [5.74, 6) is -0.419. The van der Waals surface area contributed by atoms with Crippen LogP contribution in [0.5, 0.6) is 0 Å². The third kappa shape index (κ3) is 4.02. The quantitative estimate of drug-likeness (QED) is 0.585. The van der Waals surface area contributed by atoms with Crippen molar-refractivity contribution in [2.24, 2.45) is 5.73 Å². The number of hydrogen-bond donors (Lipinski definition) is 3. The van der Waals surface area contributed by atoms with Crippen LogP contribution < -0.4 is 16.0 Å². The van der Waals surface area contributed by atoms with Gasteiger partial charge in [-0.3, -0.25) is 9.78 Å². The lowest BCUT2D eigenvalue weighted by Gasteiger charge is -2.34. The molecular weight excluding hydrogens is 388 g/mol. The zero-order chi connectivity index (χ0) is 21.1. The maximum absolute atomic E-state index is 11.9. The van der Waals surface area contributed by atoms with Crippen molar-refractivity contribution in [2.75, 3.05) is 36.4 Å². The lowest BCUT2D eigenvalue weighted by atomic mass is 10.1.